The lowest BCUT2D eigenvalue weighted by Gasteiger charge is -2.31. The van der Waals surface area contributed by atoms with Crippen molar-refractivity contribution >= 4 is 44.7 Å². The van der Waals surface area contributed by atoms with Crippen molar-refractivity contribution in [1.29, 1.82) is 0 Å². The van der Waals surface area contributed by atoms with Crippen LogP contribution in [0.5, 0.6) is 0 Å². The van der Waals surface area contributed by atoms with E-state index in [1.807, 2.05) is 32.0 Å². The van der Waals surface area contributed by atoms with Gasteiger partial charge >= 0.3 is 0 Å². The van der Waals surface area contributed by atoms with Crippen molar-refractivity contribution in [2.75, 3.05) is 18.4 Å². The molecule has 2 aromatic heterocycles. The van der Waals surface area contributed by atoms with Gasteiger partial charge in [0.15, 0.2) is 5.16 Å². The van der Waals surface area contributed by atoms with Gasteiger partial charge in [0.05, 0.1) is 5.92 Å². The SMILES string of the molecule is Cc1ccc(S(=O)(=O)N2CCCC(C(=O)Nc3ccc(Sc4ncccn4)cc3C)C2)s1. The summed E-state index contributed by atoms with van der Waals surface area (Å²) < 4.78 is 27.7. The van der Waals surface area contributed by atoms with Crippen molar-refractivity contribution in [2.45, 2.75) is 41.0 Å². The van der Waals surface area contributed by atoms with Gasteiger partial charge in [-0.25, -0.2) is 18.4 Å². The molecule has 10 heteroatoms. The van der Waals surface area contributed by atoms with Crippen LogP contribution in [0.2, 0.25) is 0 Å². The van der Waals surface area contributed by atoms with Crippen molar-refractivity contribution in [2.24, 2.45) is 5.92 Å². The number of carbonyl (C=O) groups is 1. The van der Waals surface area contributed by atoms with Gasteiger partial charge in [-0.1, -0.05) is 0 Å². The molecule has 1 atom stereocenters. The third-order valence-electron chi connectivity index (χ3n) is 5.27. The standard InChI is InChI=1S/C22H24N4O3S3/c1-15-13-18(31-22-23-10-4-11-24-22)7-8-19(15)25-21(27)17-5-3-12-26(14-17)32(28,29)20-9-6-16(2)30-20/h4,6-11,13,17H,3,5,12,14H2,1-2H3,(H,25,27). The summed E-state index contributed by atoms with van der Waals surface area (Å²) in [5, 5.41) is 3.65. The fourth-order valence-corrected chi connectivity index (χ4v) is 7.34. The number of thiophene rings is 1. The zero-order valence-corrected chi connectivity index (χ0v) is 20.3. The molecule has 1 saturated heterocycles. The van der Waals surface area contributed by atoms with Crippen LogP contribution >= 0.6 is 23.1 Å². The number of hydrogen-bond acceptors (Lipinski definition) is 7. The summed E-state index contributed by atoms with van der Waals surface area (Å²) in [6.45, 7) is 4.45. The Labute approximate surface area is 196 Å². The van der Waals surface area contributed by atoms with Crippen LogP contribution in [-0.2, 0) is 14.8 Å². The van der Waals surface area contributed by atoms with E-state index in [4.69, 9.17) is 0 Å². The van der Waals surface area contributed by atoms with Gasteiger partial charge in [-0.15, -0.1) is 11.3 Å². The summed E-state index contributed by atoms with van der Waals surface area (Å²) in [7, 11) is -3.57. The normalized spacial score (nSPS) is 17.2. The molecular weight excluding hydrogens is 464 g/mol. The highest BCUT2D eigenvalue weighted by Gasteiger charge is 2.34. The number of amides is 1. The first-order chi connectivity index (χ1) is 15.3. The van der Waals surface area contributed by atoms with E-state index < -0.39 is 10.0 Å². The van der Waals surface area contributed by atoms with Gasteiger partial charge in [-0.05, 0) is 80.4 Å². The van der Waals surface area contributed by atoms with Crippen LogP contribution in [0.4, 0.5) is 5.69 Å². The number of aryl methyl sites for hydroxylation is 2. The Morgan fingerprint density at radius 3 is 2.66 bits per heavy atom. The number of sulfonamides is 1. The fraction of sp³-hybridized carbons (Fsp3) is 0.318. The number of hydrogen-bond donors (Lipinski definition) is 1. The number of rotatable bonds is 6. The van der Waals surface area contributed by atoms with Gasteiger partial charge in [0, 0.05) is 40.9 Å². The third kappa shape index (κ3) is 5.20. The maximum absolute atomic E-state index is 13.0. The van der Waals surface area contributed by atoms with E-state index >= 15 is 0 Å². The lowest BCUT2D eigenvalue weighted by atomic mass is 9.98. The Kier molecular flexibility index (Phi) is 6.94. The van der Waals surface area contributed by atoms with Gasteiger partial charge in [0.25, 0.3) is 10.0 Å². The Hall–Kier alpha value is -2.27. The highest BCUT2D eigenvalue weighted by molar-refractivity contribution is 7.99. The highest BCUT2D eigenvalue weighted by atomic mass is 32.2. The minimum absolute atomic E-state index is 0.151. The van der Waals surface area contributed by atoms with Gasteiger partial charge in [-0.3, -0.25) is 4.79 Å². The molecule has 168 valence electrons. The lowest BCUT2D eigenvalue weighted by molar-refractivity contribution is -0.120. The third-order valence-corrected chi connectivity index (χ3v) is 9.49. The van der Waals surface area contributed by atoms with Crippen molar-refractivity contribution < 1.29 is 13.2 Å². The van der Waals surface area contributed by atoms with Crippen LogP contribution in [0.15, 0.2) is 63.1 Å². The molecule has 1 N–H and O–H groups in total. The first-order valence-electron chi connectivity index (χ1n) is 10.3. The van der Waals surface area contributed by atoms with E-state index in [-0.39, 0.29) is 18.4 Å². The second-order valence-corrected chi connectivity index (χ2v) is 12.2. The predicted octanol–water partition coefficient (Wildman–Crippen LogP) is 4.35. The zero-order chi connectivity index (χ0) is 22.7. The summed E-state index contributed by atoms with van der Waals surface area (Å²) in [5.74, 6) is -0.534. The van der Waals surface area contributed by atoms with Crippen LogP contribution in [-0.4, -0.2) is 41.7 Å². The maximum Gasteiger partial charge on any atom is 0.252 e. The maximum atomic E-state index is 13.0. The predicted molar refractivity (Wildman–Crippen MR) is 127 cm³/mol. The van der Waals surface area contributed by atoms with Gasteiger partial charge in [-0.2, -0.15) is 4.31 Å². The van der Waals surface area contributed by atoms with Gasteiger partial charge in [0.1, 0.15) is 4.21 Å². The lowest BCUT2D eigenvalue weighted by Crippen LogP contribution is -2.43. The molecule has 3 aromatic rings. The van der Waals surface area contributed by atoms with E-state index in [2.05, 4.69) is 15.3 Å². The number of aromatic nitrogens is 2. The van der Waals surface area contributed by atoms with Crippen molar-refractivity contribution in [3.05, 3.63) is 59.2 Å². The Morgan fingerprint density at radius 2 is 1.97 bits per heavy atom. The molecule has 0 radical (unpaired) electrons. The Balaban J connectivity index is 1.42. The Morgan fingerprint density at radius 1 is 1.19 bits per heavy atom. The average Bonchev–Trinajstić information content (AvgIpc) is 3.23. The summed E-state index contributed by atoms with van der Waals surface area (Å²) in [5.41, 5.74) is 1.65. The molecule has 1 aliphatic heterocycles. The monoisotopic (exact) mass is 488 g/mol. The van der Waals surface area contributed by atoms with E-state index in [9.17, 15) is 13.2 Å². The second-order valence-electron chi connectivity index (χ2n) is 7.67. The van der Waals surface area contributed by atoms with Crippen LogP contribution < -0.4 is 5.32 Å². The highest BCUT2D eigenvalue weighted by Crippen LogP contribution is 2.30. The number of nitrogens with zero attached hydrogens (tertiary/aromatic N) is 3. The molecule has 0 saturated carbocycles. The number of anilines is 1. The fourth-order valence-electron chi connectivity index (χ4n) is 3.57. The minimum Gasteiger partial charge on any atom is -0.326 e. The number of carbonyl (C=O) groups excluding carboxylic acids is 1. The van der Waals surface area contributed by atoms with Crippen LogP contribution in [0.1, 0.15) is 23.3 Å². The molecule has 1 fully saturated rings. The molecule has 7 nitrogen and oxygen atoms in total. The first-order valence-corrected chi connectivity index (χ1v) is 13.3. The molecule has 1 amide bonds. The van der Waals surface area contributed by atoms with E-state index in [1.54, 1.807) is 30.6 Å². The molecular formula is C22H24N4O3S3. The second kappa shape index (κ2) is 9.70. The van der Waals surface area contributed by atoms with Crippen LogP contribution in [0.3, 0.4) is 0 Å². The summed E-state index contributed by atoms with van der Waals surface area (Å²) in [6, 6.07) is 11.0. The molecule has 0 spiro atoms. The van der Waals surface area contributed by atoms with Crippen molar-refractivity contribution in [1.82, 2.24) is 14.3 Å². The van der Waals surface area contributed by atoms with Gasteiger partial charge < -0.3 is 5.32 Å². The number of benzene rings is 1. The van der Waals surface area contributed by atoms with Crippen molar-refractivity contribution in [3.8, 4) is 0 Å². The van der Waals surface area contributed by atoms with Crippen LogP contribution in [0, 0.1) is 19.8 Å². The Bertz CT molecular complexity index is 1210. The number of nitrogens with one attached hydrogen (secondary N) is 1. The molecule has 0 bridgehead atoms. The quantitative estimate of drug-likeness (QED) is 0.519. The molecule has 0 aliphatic carbocycles. The van der Waals surface area contributed by atoms with E-state index in [1.165, 1.54) is 27.4 Å². The topological polar surface area (TPSA) is 92.3 Å². The molecule has 1 aliphatic rings. The summed E-state index contributed by atoms with van der Waals surface area (Å²) >= 11 is 2.72. The molecule has 3 heterocycles. The molecule has 32 heavy (non-hydrogen) atoms. The molecule has 4 rings (SSSR count). The van der Waals surface area contributed by atoms with Crippen molar-refractivity contribution in [3.63, 3.8) is 0 Å². The van der Waals surface area contributed by atoms with E-state index in [0.717, 1.165) is 21.0 Å². The van der Waals surface area contributed by atoms with Gasteiger partial charge in [0.2, 0.25) is 5.91 Å². The van der Waals surface area contributed by atoms with Crippen LogP contribution in [0.25, 0.3) is 0 Å². The average molecular weight is 489 g/mol. The summed E-state index contributed by atoms with van der Waals surface area (Å²) in [4.78, 5) is 23.3. The molecule has 1 aromatic carbocycles. The molecule has 1 unspecified atom stereocenters. The zero-order valence-electron chi connectivity index (χ0n) is 17.8. The smallest absolute Gasteiger partial charge is 0.252 e. The minimum atomic E-state index is -3.57. The van der Waals surface area contributed by atoms with E-state index in [0.29, 0.717) is 28.8 Å². The summed E-state index contributed by atoms with van der Waals surface area (Å²) in [6.07, 6.45) is 4.72. The largest absolute Gasteiger partial charge is 0.326 e. The first kappa shape index (κ1) is 22.9. The number of piperidine rings is 1.